The molecule has 0 fully saturated rings. The quantitative estimate of drug-likeness (QED) is 0.553. The molecule has 0 radical (unpaired) electrons. The van der Waals surface area contributed by atoms with Crippen LogP contribution in [0.1, 0.15) is 11.1 Å². The third-order valence-electron chi connectivity index (χ3n) is 1.43. The molecule has 2 heteroatoms. The van der Waals surface area contributed by atoms with Gasteiger partial charge in [-0.3, -0.25) is 0 Å². The average Bonchev–Trinajstić information content (AvgIpc) is 2.02. The Labute approximate surface area is 68.2 Å². The predicted octanol–water partition coefficient (Wildman–Crippen LogP) is 1.46. The van der Waals surface area contributed by atoms with E-state index < -0.39 is 0 Å². The first-order chi connectivity index (χ1) is 5.20. The average molecular weight is 152 g/mol. The number of hydrogen-bond donors (Lipinski definition) is 2. The van der Waals surface area contributed by atoms with Crippen LogP contribution in [-0.4, -0.2) is 7.05 Å². The largest absolute Gasteiger partial charge is 0.399 e. The molecule has 0 aromatic heterocycles. The predicted molar refractivity (Wildman–Crippen MR) is 50.4 cm³/mol. The highest BCUT2D eigenvalue weighted by atomic mass is 14.5. The molecule has 0 aliphatic rings. The zero-order valence-corrected chi connectivity index (χ0v) is 7.39. The topological polar surface area (TPSA) is 52.0 Å². The summed E-state index contributed by atoms with van der Waals surface area (Å²) in [5, 5.41) is 0. The molecule has 1 rings (SSSR count). The van der Waals surface area contributed by atoms with Gasteiger partial charge in [-0.25, -0.2) is 0 Å². The molecule has 2 nitrogen and oxygen atoms in total. The van der Waals surface area contributed by atoms with Crippen LogP contribution < -0.4 is 11.5 Å². The van der Waals surface area contributed by atoms with Crippen molar-refractivity contribution in [3.05, 3.63) is 29.3 Å². The molecule has 4 N–H and O–H groups in total. The highest BCUT2D eigenvalue weighted by Crippen LogP contribution is 2.10. The summed E-state index contributed by atoms with van der Waals surface area (Å²) in [6.45, 7) is 4.05. The molecular formula is C9H16N2. The fraction of sp³-hybridized carbons (Fsp3) is 0.333. The molecule has 0 unspecified atom stereocenters. The van der Waals surface area contributed by atoms with Gasteiger partial charge in [0.25, 0.3) is 0 Å². The number of hydrogen-bond acceptors (Lipinski definition) is 2. The molecule has 0 heterocycles. The lowest BCUT2D eigenvalue weighted by Crippen LogP contribution is -1.88. The van der Waals surface area contributed by atoms with Crippen LogP contribution in [0.15, 0.2) is 18.2 Å². The second-order valence-electron chi connectivity index (χ2n) is 2.36. The molecule has 0 aliphatic carbocycles. The van der Waals surface area contributed by atoms with Gasteiger partial charge in [0.05, 0.1) is 0 Å². The Morgan fingerprint density at radius 3 is 2.00 bits per heavy atom. The van der Waals surface area contributed by atoms with E-state index in [-0.39, 0.29) is 0 Å². The highest BCUT2D eigenvalue weighted by Gasteiger charge is 1.89. The number of anilines is 1. The molecule has 1 aromatic rings. The lowest BCUT2D eigenvalue weighted by atomic mass is 10.1. The van der Waals surface area contributed by atoms with Crippen LogP contribution in [-0.2, 0) is 0 Å². The molecule has 1 aromatic carbocycles. The van der Waals surface area contributed by atoms with Crippen LogP contribution in [0.2, 0.25) is 0 Å². The lowest BCUT2D eigenvalue weighted by molar-refractivity contribution is 1.40. The Bertz CT molecular complexity index is 219. The molecule has 0 aliphatic heterocycles. The van der Waals surface area contributed by atoms with Gasteiger partial charge in [-0.2, -0.15) is 0 Å². The monoisotopic (exact) mass is 152 g/mol. The minimum Gasteiger partial charge on any atom is -0.399 e. The van der Waals surface area contributed by atoms with Gasteiger partial charge in [-0.05, 0) is 38.1 Å². The minimum atomic E-state index is 0.884. The number of nitrogens with two attached hydrogens (primary N) is 2. The fourth-order valence-electron chi connectivity index (χ4n) is 0.760. The van der Waals surface area contributed by atoms with Gasteiger partial charge in [0.2, 0.25) is 0 Å². The van der Waals surface area contributed by atoms with E-state index in [4.69, 9.17) is 5.73 Å². The van der Waals surface area contributed by atoms with Gasteiger partial charge < -0.3 is 11.5 Å². The summed E-state index contributed by atoms with van der Waals surface area (Å²) in [6.07, 6.45) is 0. The Hall–Kier alpha value is -1.02. The molecular weight excluding hydrogens is 136 g/mol. The van der Waals surface area contributed by atoms with E-state index in [9.17, 15) is 0 Å². The molecule has 11 heavy (non-hydrogen) atoms. The van der Waals surface area contributed by atoms with E-state index in [0.29, 0.717) is 0 Å². The first-order valence-electron chi connectivity index (χ1n) is 3.60. The highest BCUT2D eigenvalue weighted by molar-refractivity contribution is 5.47. The second-order valence-corrected chi connectivity index (χ2v) is 2.36. The summed E-state index contributed by atoms with van der Waals surface area (Å²) in [4.78, 5) is 0. The van der Waals surface area contributed by atoms with E-state index in [1.54, 1.807) is 0 Å². The van der Waals surface area contributed by atoms with E-state index in [1.807, 2.05) is 26.0 Å². The zero-order chi connectivity index (χ0) is 8.85. The molecule has 0 saturated heterocycles. The molecule has 0 spiro atoms. The minimum absolute atomic E-state index is 0.884. The Kier molecular flexibility index (Phi) is 4.30. The fourth-order valence-corrected chi connectivity index (χ4v) is 0.760. The van der Waals surface area contributed by atoms with Crippen molar-refractivity contribution in [3.63, 3.8) is 0 Å². The van der Waals surface area contributed by atoms with Gasteiger partial charge in [0.1, 0.15) is 0 Å². The smallest absolute Gasteiger partial charge is 0.0346 e. The third-order valence-corrected chi connectivity index (χ3v) is 1.43. The van der Waals surface area contributed by atoms with Crippen molar-refractivity contribution in [2.45, 2.75) is 13.8 Å². The van der Waals surface area contributed by atoms with E-state index in [2.05, 4.69) is 11.8 Å². The van der Waals surface area contributed by atoms with Crippen molar-refractivity contribution in [1.82, 2.24) is 0 Å². The van der Waals surface area contributed by atoms with Gasteiger partial charge in [-0.1, -0.05) is 12.1 Å². The number of nitrogen functional groups attached to an aromatic ring is 1. The van der Waals surface area contributed by atoms with Crippen LogP contribution in [0, 0.1) is 13.8 Å². The maximum Gasteiger partial charge on any atom is 0.0346 e. The van der Waals surface area contributed by atoms with Crippen LogP contribution in [0.25, 0.3) is 0 Å². The Morgan fingerprint density at radius 1 is 1.09 bits per heavy atom. The van der Waals surface area contributed by atoms with E-state index >= 15 is 0 Å². The summed E-state index contributed by atoms with van der Waals surface area (Å²) in [6, 6.07) is 6.08. The van der Waals surface area contributed by atoms with Crippen molar-refractivity contribution in [3.8, 4) is 0 Å². The Morgan fingerprint density at radius 2 is 1.64 bits per heavy atom. The Balaban J connectivity index is 0.000000461. The van der Waals surface area contributed by atoms with Crippen molar-refractivity contribution >= 4 is 5.69 Å². The SMILES string of the molecule is CN.Cc1ccc(C)c(N)c1. The van der Waals surface area contributed by atoms with Crippen LogP contribution in [0.3, 0.4) is 0 Å². The molecule has 62 valence electrons. The van der Waals surface area contributed by atoms with Crippen molar-refractivity contribution in [2.75, 3.05) is 12.8 Å². The maximum atomic E-state index is 5.62. The molecule has 0 bridgehead atoms. The zero-order valence-electron chi connectivity index (χ0n) is 7.39. The van der Waals surface area contributed by atoms with Crippen molar-refractivity contribution in [1.29, 1.82) is 0 Å². The van der Waals surface area contributed by atoms with Gasteiger partial charge in [0, 0.05) is 5.69 Å². The lowest BCUT2D eigenvalue weighted by Gasteiger charge is -1.98. The van der Waals surface area contributed by atoms with Crippen molar-refractivity contribution in [2.24, 2.45) is 5.73 Å². The van der Waals surface area contributed by atoms with Crippen LogP contribution in [0.4, 0.5) is 5.69 Å². The second kappa shape index (κ2) is 4.74. The summed E-state index contributed by atoms with van der Waals surface area (Å²) in [5.74, 6) is 0. The van der Waals surface area contributed by atoms with Gasteiger partial charge in [0.15, 0.2) is 0 Å². The summed E-state index contributed by atoms with van der Waals surface area (Å²) < 4.78 is 0. The van der Waals surface area contributed by atoms with Crippen LogP contribution in [0.5, 0.6) is 0 Å². The maximum absolute atomic E-state index is 5.62. The summed E-state index contributed by atoms with van der Waals surface area (Å²) >= 11 is 0. The van der Waals surface area contributed by atoms with E-state index in [0.717, 1.165) is 11.3 Å². The standard InChI is InChI=1S/C8H11N.CH5N/c1-6-3-4-7(2)8(9)5-6;1-2/h3-5H,9H2,1-2H3;2H2,1H3. The first kappa shape index (κ1) is 9.98. The van der Waals surface area contributed by atoms with Crippen molar-refractivity contribution < 1.29 is 0 Å². The summed E-state index contributed by atoms with van der Waals surface area (Å²) in [5.41, 5.74) is 13.4. The first-order valence-corrected chi connectivity index (χ1v) is 3.60. The number of aryl methyl sites for hydroxylation is 2. The van der Waals surface area contributed by atoms with Gasteiger partial charge in [-0.15, -0.1) is 0 Å². The van der Waals surface area contributed by atoms with Gasteiger partial charge >= 0.3 is 0 Å². The van der Waals surface area contributed by atoms with Crippen LogP contribution >= 0.6 is 0 Å². The molecule has 0 amide bonds. The number of benzene rings is 1. The van der Waals surface area contributed by atoms with E-state index in [1.165, 1.54) is 12.6 Å². The third kappa shape index (κ3) is 3.05. The molecule has 0 saturated carbocycles. The summed E-state index contributed by atoms with van der Waals surface area (Å²) in [7, 11) is 1.50. The molecule has 0 atom stereocenters. The normalized spacial score (nSPS) is 8.36. The number of rotatable bonds is 0.